The molecular weight excluding hydrogens is 496 g/mol. The summed E-state index contributed by atoms with van der Waals surface area (Å²) in [6, 6.07) is 1.87. The molecule has 3 aliphatic rings. The van der Waals surface area contributed by atoms with Gasteiger partial charge in [0.2, 0.25) is 5.91 Å². The first-order chi connectivity index (χ1) is 18.1. The first-order valence-corrected chi connectivity index (χ1v) is 15.4. The van der Waals surface area contributed by atoms with Gasteiger partial charge in [-0.3, -0.25) is 4.79 Å². The van der Waals surface area contributed by atoms with Gasteiger partial charge in [-0.2, -0.15) is 0 Å². The van der Waals surface area contributed by atoms with Crippen LogP contribution >= 0.6 is 11.3 Å². The number of aliphatic hydroxyl groups is 1. The van der Waals surface area contributed by atoms with Crippen molar-refractivity contribution in [3.63, 3.8) is 0 Å². The van der Waals surface area contributed by atoms with Crippen molar-refractivity contribution in [2.24, 2.45) is 23.2 Å². The maximum atomic E-state index is 14.3. The molecular formula is C31H46N2O4S. The van der Waals surface area contributed by atoms with E-state index in [1.165, 1.54) is 31.3 Å². The number of carbonyl (C=O) groups excluding carboxylic acids is 2. The third kappa shape index (κ3) is 7.20. The minimum atomic E-state index is -0.423. The summed E-state index contributed by atoms with van der Waals surface area (Å²) in [4.78, 5) is 32.9. The summed E-state index contributed by atoms with van der Waals surface area (Å²) in [6.07, 6.45) is 8.10. The molecule has 4 rings (SSSR count). The van der Waals surface area contributed by atoms with Crippen LogP contribution in [0.2, 0.25) is 0 Å². The summed E-state index contributed by atoms with van der Waals surface area (Å²) in [7, 11) is 1.39. The minimum absolute atomic E-state index is 0.0374. The number of hydrogen-bond acceptors (Lipinski definition) is 6. The normalized spacial score (nSPS) is 28.4. The van der Waals surface area contributed by atoms with Crippen molar-refractivity contribution < 1.29 is 19.4 Å². The lowest BCUT2D eigenvalue weighted by Crippen LogP contribution is -2.50. The number of aliphatic hydroxyl groups excluding tert-OH is 1. The number of nitrogens with zero attached hydrogens (tertiary/aromatic N) is 2. The predicted octanol–water partition coefficient (Wildman–Crippen LogP) is 5.72. The second-order valence-electron chi connectivity index (χ2n) is 12.8. The number of likely N-dealkylation sites (tertiary alicyclic amines) is 1. The molecule has 1 aliphatic heterocycles. The van der Waals surface area contributed by atoms with Gasteiger partial charge in [-0.05, 0) is 110 Å². The SMILES string of the molecule is COC(=O)c1sc(C#CC(C)(C)C)cc1N(C(=O)[C@H]1CC[C@H](C)CC1)[C@@H]1CCC(O)C(CN2CCCC2)C1. The molecule has 1 aromatic rings. The first-order valence-electron chi connectivity index (χ1n) is 14.5. The third-order valence-corrected chi connectivity index (χ3v) is 9.50. The summed E-state index contributed by atoms with van der Waals surface area (Å²) < 4.78 is 5.18. The van der Waals surface area contributed by atoms with Crippen LogP contribution in [0.15, 0.2) is 6.07 Å². The van der Waals surface area contributed by atoms with E-state index in [2.05, 4.69) is 44.4 Å². The lowest BCUT2D eigenvalue weighted by molar-refractivity contribution is -0.124. The van der Waals surface area contributed by atoms with Crippen LogP contribution in [-0.2, 0) is 9.53 Å². The van der Waals surface area contributed by atoms with Crippen molar-refractivity contribution in [1.82, 2.24) is 4.90 Å². The number of anilines is 1. The number of thiophene rings is 1. The van der Waals surface area contributed by atoms with Gasteiger partial charge >= 0.3 is 5.97 Å². The Morgan fingerprint density at radius 2 is 1.82 bits per heavy atom. The number of esters is 1. The van der Waals surface area contributed by atoms with E-state index in [4.69, 9.17) is 4.74 Å². The Labute approximate surface area is 233 Å². The van der Waals surface area contributed by atoms with Crippen molar-refractivity contribution in [1.29, 1.82) is 0 Å². The number of methoxy groups -OCH3 is 1. The van der Waals surface area contributed by atoms with Crippen LogP contribution in [0.4, 0.5) is 5.69 Å². The molecule has 3 fully saturated rings. The molecule has 210 valence electrons. The lowest BCUT2D eigenvalue weighted by atomic mass is 9.79. The van der Waals surface area contributed by atoms with E-state index >= 15 is 0 Å². The van der Waals surface area contributed by atoms with E-state index in [9.17, 15) is 14.7 Å². The van der Waals surface area contributed by atoms with Gasteiger partial charge in [0.1, 0.15) is 4.88 Å². The van der Waals surface area contributed by atoms with Gasteiger partial charge in [0.15, 0.2) is 0 Å². The van der Waals surface area contributed by atoms with E-state index in [1.807, 2.05) is 11.0 Å². The topological polar surface area (TPSA) is 70.1 Å². The maximum Gasteiger partial charge on any atom is 0.350 e. The fourth-order valence-electron chi connectivity index (χ4n) is 6.26. The fourth-order valence-corrected chi connectivity index (χ4v) is 7.18. The summed E-state index contributed by atoms with van der Waals surface area (Å²) in [5.41, 5.74) is 0.469. The molecule has 2 unspecified atom stereocenters. The number of hydrogen-bond donors (Lipinski definition) is 1. The van der Waals surface area contributed by atoms with Gasteiger partial charge in [-0.1, -0.05) is 18.8 Å². The number of rotatable bonds is 6. The zero-order valence-electron chi connectivity index (χ0n) is 23.9. The molecule has 1 aromatic heterocycles. The number of ether oxygens (including phenoxy) is 1. The fraction of sp³-hybridized carbons (Fsp3) is 0.742. The zero-order chi connectivity index (χ0) is 27.4. The predicted molar refractivity (Wildman–Crippen MR) is 153 cm³/mol. The Hall–Kier alpha value is -1.88. The Morgan fingerprint density at radius 1 is 1.13 bits per heavy atom. The summed E-state index contributed by atoms with van der Waals surface area (Å²) in [5, 5.41) is 10.9. The van der Waals surface area contributed by atoms with Crippen molar-refractivity contribution in [2.45, 2.75) is 97.6 Å². The van der Waals surface area contributed by atoms with E-state index in [0.717, 1.165) is 63.0 Å². The Morgan fingerprint density at radius 3 is 2.45 bits per heavy atom. The number of amides is 1. The average Bonchev–Trinajstić information content (AvgIpc) is 3.54. The molecule has 7 heteroatoms. The van der Waals surface area contributed by atoms with Crippen LogP contribution in [-0.4, -0.2) is 60.8 Å². The van der Waals surface area contributed by atoms with Crippen molar-refractivity contribution in [2.75, 3.05) is 31.6 Å². The molecule has 3 atom stereocenters. The Bertz CT molecular complexity index is 1030. The average molecular weight is 543 g/mol. The van der Waals surface area contributed by atoms with Crippen LogP contribution in [0.25, 0.3) is 0 Å². The van der Waals surface area contributed by atoms with Crippen molar-refractivity contribution in [3.8, 4) is 11.8 Å². The molecule has 2 saturated carbocycles. The van der Waals surface area contributed by atoms with E-state index < -0.39 is 5.97 Å². The lowest BCUT2D eigenvalue weighted by Gasteiger charge is -2.42. The molecule has 2 aliphatic carbocycles. The van der Waals surface area contributed by atoms with Crippen LogP contribution in [0, 0.1) is 35.0 Å². The number of carbonyl (C=O) groups is 2. The van der Waals surface area contributed by atoms with E-state index in [0.29, 0.717) is 22.9 Å². The molecule has 38 heavy (non-hydrogen) atoms. The molecule has 2 heterocycles. The highest BCUT2D eigenvalue weighted by Crippen LogP contribution is 2.40. The molecule has 0 radical (unpaired) electrons. The quantitative estimate of drug-likeness (QED) is 0.368. The van der Waals surface area contributed by atoms with Gasteiger partial charge in [0.25, 0.3) is 0 Å². The minimum Gasteiger partial charge on any atom is -0.465 e. The Kier molecular flexibility index (Phi) is 9.60. The second-order valence-corrected chi connectivity index (χ2v) is 13.8. The van der Waals surface area contributed by atoms with Crippen LogP contribution in [0.5, 0.6) is 0 Å². The second kappa shape index (κ2) is 12.5. The maximum absolute atomic E-state index is 14.3. The highest BCUT2D eigenvalue weighted by Gasteiger charge is 2.40. The first kappa shape index (κ1) is 29.1. The van der Waals surface area contributed by atoms with Crippen molar-refractivity contribution in [3.05, 3.63) is 15.8 Å². The van der Waals surface area contributed by atoms with Crippen LogP contribution in [0.1, 0.15) is 100 Å². The summed E-state index contributed by atoms with van der Waals surface area (Å²) in [5.74, 6) is 6.95. The van der Waals surface area contributed by atoms with Gasteiger partial charge < -0.3 is 19.6 Å². The molecule has 0 spiro atoms. The standard InChI is InChI=1S/C31H46N2O4S/c1-21-8-10-22(11-9-21)29(35)33(24-12-13-27(34)23(18-24)20-32-16-6-7-17-32)26-19-25(14-15-31(2,3)4)38-28(26)30(36)37-5/h19,21-24,27,34H,6-13,16-18,20H2,1-5H3/t21-,22-,23?,24-,27?/m1/s1. The molecule has 6 nitrogen and oxygen atoms in total. The Balaban J connectivity index is 1.70. The molecule has 1 amide bonds. The van der Waals surface area contributed by atoms with Gasteiger partial charge in [0, 0.05) is 23.9 Å². The van der Waals surface area contributed by atoms with Gasteiger partial charge in [-0.25, -0.2) is 4.79 Å². The zero-order valence-corrected chi connectivity index (χ0v) is 24.7. The van der Waals surface area contributed by atoms with Gasteiger partial charge in [0.05, 0.1) is 23.8 Å². The smallest absolute Gasteiger partial charge is 0.350 e. The monoisotopic (exact) mass is 542 g/mol. The molecule has 0 bridgehead atoms. The largest absolute Gasteiger partial charge is 0.465 e. The third-order valence-electron chi connectivity index (χ3n) is 8.48. The van der Waals surface area contributed by atoms with E-state index in [-0.39, 0.29) is 35.3 Å². The molecule has 1 N–H and O–H groups in total. The van der Waals surface area contributed by atoms with E-state index in [1.54, 1.807) is 0 Å². The summed E-state index contributed by atoms with van der Waals surface area (Å²) >= 11 is 1.32. The highest BCUT2D eigenvalue weighted by atomic mass is 32.1. The van der Waals surface area contributed by atoms with Crippen LogP contribution < -0.4 is 4.90 Å². The summed E-state index contributed by atoms with van der Waals surface area (Å²) in [6.45, 7) is 11.5. The molecule has 1 saturated heterocycles. The van der Waals surface area contributed by atoms with Crippen LogP contribution in [0.3, 0.4) is 0 Å². The highest BCUT2D eigenvalue weighted by molar-refractivity contribution is 7.15. The van der Waals surface area contributed by atoms with Crippen molar-refractivity contribution >= 4 is 28.9 Å². The van der Waals surface area contributed by atoms with Gasteiger partial charge in [-0.15, -0.1) is 11.3 Å². The molecule has 0 aromatic carbocycles.